The van der Waals surface area contributed by atoms with Gasteiger partial charge in [0.2, 0.25) is 5.89 Å². The quantitative estimate of drug-likeness (QED) is 0.320. The number of nitrogens with zero attached hydrogens (tertiary/aromatic N) is 1. The lowest BCUT2D eigenvalue weighted by Gasteiger charge is -2.25. The van der Waals surface area contributed by atoms with E-state index in [1.165, 1.54) is 0 Å². The molecule has 0 bridgehead atoms. The van der Waals surface area contributed by atoms with Crippen molar-refractivity contribution in [2.75, 3.05) is 5.32 Å². The zero-order valence-electron chi connectivity index (χ0n) is 17.2. The smallest absolute Gasteiger partial charge is 0.267 e. The predicted molar refractivity (Wildman–Crippen MR) is 127 cm³/mol. The maximum absolute atomic E-state index is 12.9. The first-order chi connectivity index (χ1) is 14.7. The molecule has 0 saturated carbocycles. The highest BCUT2D eigenvalue weighted by Gasteiger charge is 2.30. The van der Waals surface area contributed by atoms with Crippen LogP contribution in [-0.4, -0.2) is 16.5 Å². The zero-order valence-corrected chi connectivity index (χ0v) is 19.5. The van der Waals surface area contributed by atoms with Crippen molar-refractivity contribution in [3.63, 3.8) is 0 Å². The number of fused-ring (bicyclic) bond motifs is 1. The van der Waals surface area contributed by atoms with Gasteiger partial charge in [-0.1, -0.05) is 33.6 Å². The molecule has 0 aliphatic carbocycles. The second-order valence-electron chi connectivity index (χ2n) is 7.71. The molecule has 4 aromatic rings. The van der Waals surface area contributed by atoms with Crippen molar-refractivity contribution in [3.8, 4) is 17.2 Å². The van der Waals surface area contributed by atoms with Gasteiger partial charge >= 0.3 is 0 Å². The third kappa shape index (κ3) is 4.75. The number of benzene rings is 3. The first-order valence-electron chi connectivity index (χ1n) is 9.64. The number of rotatable bonds is 5. The predicted octanol–water partition coefficient (Wildman–Crippen LogP) is 7.02. The van der Waals surface area contributed by atoms with E-state index in [1.54, 1.807) is 44.2 Å². The van der Waals surface area contributed by atoms with E-state index in [2.05, 4.69) is 26.2 Å². The number of nitrogens with one attached hydrogen (secondary N) is 1. The summed E-state index contributed by atoms with van der Waals surface area (Å²) in [4.78, 5) is 17.4. The van der Waals surface area contributed by atoms with Crippen LogP contribution >= 0.6 is 27.5 Å². The number of hydrogen-bond donors (Lipinski definition) is 1. The van der Waals surface area contributed by atoms with Crippen molar-refractivity contribution < 1.29 is 13.9 Å². The summed E-state index contributed by atoms with van der Waals surface area (Å²) < 4.78 is 12.7. The molecule has 1 amide bonds. The van der Waals surface area contributed by atoms with Crippen molar-refractivity contribution >= 4 is 50.2 Å². The van der Waals surface area contributed by atoms with Crippen LogP contribution in [0.2, 0.25) is 5.02 Å². The van der Waals surface area contributed by atoms with Gasteiger partial charge in [0.05, 0.1) is 10.6 Å². The van der Waals surface area contributed by atoms with Gasteiger partial charge in [0, 0.05) is 10.2 Å². The number of carbonyl (C=O) groups excluding carboxylic acids is 1. The fourth-order valence-electron chi connectivity index (χ4n) is 3.04. The SMILES string of the molecule is Cc1ccc2nc(-c3cc(NC(=O)C(C)(C)Oc4ccc(Br)cc4)ccc3Cl)oc2c1. The van der Waals surface area contributed by atoms with Crippen LogP contribution in [0.1, 0.15) is 19.4 Å². The van der Waals surface area contributed by atoms with Crippen LogP contribution in [0, 0.1) is 6.92 Å². The van der Waals surface area contributed by atoms with E-state index in [0.717, 1.165) is 15.6 Å². The van der Waals surface area contributed by atoms with Crippen LogP contribution in [-0.2, 0) is 4.79 Å². The monoisotopic (exact) mass is 498 g/mol. The zero-order chi connectivity index (χ0) is 22.2. The van der Waals surface area contributed by atoms with E-state index in [0.29, 0.717) is 33.5 Å². The van der Waals surface area contributed by atoms with Crippen LogP contribution in [0.4, 0.5) is 5.69 Å². The number of aromatic nitrogens is 1. The van der Waals surface area contributed by atoms with Gasteiger partial charge in [0.25, 0.3) is 5.91 Å². The number of amides is 1. The summed E-state index contributed by atoms with van der Waals surface area (Å²) in [6.45, 7) is 5.41. The Hall–Kier alpha value is -2.83. The van der Waals surface area contributed by atoms with E-state index in [1.807, 2.05) is 37.3 Å². The molecule has 4 rings (SSSR count). The van der Waals surface area contributed by atoms with Crippen molar-refractivity contribution in [1.29, 1.82) is 0 Å². The van der Waals surface area contributed by atoms with Gasteiger partial charge in [-0.3, -0.25) is 4.79 Å². The first-order valence-corrected chi connectivity index (χ1v) is 10.8. The highest BCUT2D eigenvalue weighted by molar-refractivity contribution is 9.10. The summed E-state index contributed by atoms with van der Waals surface area (Å²) >= 11 is 9.78. The molecule has 0 unspecified atom stereocenters. The number of oxazole rings is 1. The third-order valence-electron chi connectivity index (χ3n) is 4.73. The Kier molecular flexibility index (Phi) is 5.77. The topological polar surface area (TPSA) is 64.4 Å². The Morgan fingerprint density at radius 2 is 1.84 bits per heavy atom. The van der Waals surface area contributed by atoms with E-state index < -0.39 is 5.60 Å². The molecule has 158 valence electrons. The van der Waals surface area contributed by atoms with Gasteiger partial charge in [-0.15, -0.1) is 0 Å². The fourth-order valence-corrected chi connectivity index (χ4v) is 3.50. The van der Waals surface area contributed by atoms with Crippen LogP contribution in [0.25, 0.3) is 22.6 Å². The summed E-state index contributed by atoms with van der Waals surface area (Å²) in [5.74, 6) is 0.700. The third-order valence-corrected chi connectivity index (χ3v) is 5.59. The summed E-state index contributed by atoms with van der Waals surface area (Å²) in [5.41, 5.74) is 2.58. The number of carbonyl (C=O) groups is 1. The van der Waals surface area contributed by atoms with Crippen LogP contribution in [0.3, 0.4) is 0 Å². The molecule has 31 heavy (non-hydrogen) atoms. The first kappa shape index (κ1) is 21.4. The van der Waals surface area contributed by atoms with Crippen LogP contribution < -0.4 is 10.1 Å². The average molecular weight is 500 g/mol. The van der Waals surface area contributed by atoms with Gasteiger partial charge in [0.15, 0.2) is 11.2 Å². The van der Waals surface area contributed by atoms with Crippen molar-refractivity contribution in [2.24, 2.45) is 0 Å². The molecule has 0 aliphatic heterocycles. The molecule has 0 saturated heterocycles. The average Bonchev–Trinajstić information content (AvgIpc) is 3.14. The highest BCUT2D eigenvalue weighted by atomic mass is 79.9. The lowest BCUT2D eigenvalue weighted by Crippen LogP contribution is -2.42. The largest absolute Gasteiger partial charge is 0.478 e. The van der Waals surface area contributed by atoms with Crippen LogP contribution in [0.15, 0.2) is 69.6 Å². The van der Waals surface area contributed by atoms with Gasteiger partial charge in [-0.2, -0.15) is 0 Å². The molecular formula is C24H20BrClN2O3. The lowest BCUT2D eigenvalue weighted by molar-refractivity contribution is -0.128. The standard InChI is InChI=1S/C24H20BrClN2O3/c1-14-4-11-20-21(12-14)30-22(28-20)18-13-16(7-10-19(18)26)27-23(29)24(2,3)31-17-8-5-15(25)6-9-17/h4-13H,1-3H3,(H,27,29). The molecule has 0 spiro atoms. The van der Waals surface area contributed by atoms with Crippen LogP contribution in [0.5, 0.6) is 5.75 Å². The Morgan fingerprint density at radius 3 is 2.58 bits per heavy atom. The number of halogens is 2. The number of hydrogen-bond acceptors (Lipinski definition) is 4. The number of ether oxygens (including phenoxy) is 1. The second kappa shape index (κ2) is 8.36. The Bertz CT molecular complexity index is 1270. The van der Waals surface area contributed by atoms with Crippen molar-refractivity contribution in [3.05, 3.63) is 75.7 Å². The van der Waals surface area contributed by atoms with Gasteiger partial charge in [-0.05, 0) is 80.9 Å². The molecule has 1 N–H and O–H groups in total. The molecule has 0 atom stereocenters. The molecule has 0 fully saturated rings. The molecular weight excluding hydrogens is 480 g/mol. The minimum absolute atomic E-state index is 0.295. The number of anilines is 1. The lowest BCUT2D eigenvalue weighted by atomic mass is 10.1. The van der Waals surface area contributed by atoms with E-state index in [4.69, 9.17) is 20.8 Å². The summed E-state index contributed by atoms with van der Waals surface area (Å²) in [6.07, 6.45) is 0. The molecule has 0 radical (unpaired) electrons. The normalized spacial score (nSPS) is 11.5. The Balaban J connectivity index is 1.57. The maximum Gasteiger partial charge on any atom is 0.267 e. The minimum Gasteiger partial charge on any atom is -0.478 e. The van der Waals surface area contributed by atoms with E-state index in [9.17, 15) is 4.79 Å². The van der Waals surface area contributed by atoms with Crippen molar-refractivity contribution in [2.45, 2.75) is 26.4 Å². The maximum atomic E-state index is 12.9. The fraction of sp³-hybridized carbons (Fsp3) is 0.167. The van der Waals surface area contributed by atoms with E-state index in [-0.39, 0.29) is 5.91 Å². The minimum atomic E-state index is -1.09. The Morgan fingerprint density at radius 1 is 1.10 bits per heavy atom. The second-order valence-corrected chi connectivity index (χ2v) is 9.03. The Labute approximate surface area is 193 Å². The molecule has 7 heteroatoms. The molecule has 5 nitrogen and oxygen atoms in total. The molecule has 3 aromatic carbocycles. The van der Waals surface area contributed by atoms with Gasteiger partial charge in [0.1, 0.15) is 11.3 Å². The van der Waals surface area contributed by atoms with E-state index >= 15 is 0 Å². The van der Waals surface area contributed by atoms with Gasteiger partial charge in [-0.25, -0.2) is 4.98 Å². The summed E-state index contributed by atoms with van der Waals surface area (Å²) in [7, 11) is 0. The number of aryl methyl sites for hydroxylation is 1. The highest BCUT2D eigenvalue weighted by Crippen LogP contribution is 2.33. The molecule has 1 heterocycles. The summed E-state index contributed by atoms with van der Waals surface area (Å²) in [5, 5.41) is 3.37. The summed E-state index contributed by atoms with van der Waals surface area (Å²) in [6, 6.07) is 18.3. The molecule has 0 aliphatic rings. The molecule has 1 aromatic heterocycles. The van der Waals surface area contributed by atoms with Gasteiger partial charge < -0.3 is 14.5 Å². The van der Waals surface area contributed by atoms with Crippen molar-refractivity contribution in [1.82, 2.24) is 4.98 Å².